The molecule has 1 aliphatic rings. The minimum atomic E-state index is -0.946. The van der Waals surface area contributed by atoms with E-state index in [0.29, 0.717) is 30.8 Å². The highest BCUT2D eigenvalue weighted by Crippen LogP contribution is 2.20. The second-order valence-electron chi connectivity index (χ2n) is 4.31. The number of hydrogen-bond acceptors (Lipinski definition) is 5. The van der Waals surface area contributed by atoms with Crippen LogP contribution in [0.15, 0.2) is 18.3 Å². The number of carboxylic acids is 1. The number of nitrogens with one attached hydrogen (secondary N) is 1. The summed E-state index contributed by atoms with van der Waals surface area (Å²) in [5.41, 5.74) is 5.53. The van der Waals surface area contributed by atoms with Crippen LogP contribution < -0.4 is 11.1 Å². The number of primary amides is 1. The molecule has 0 bridgehead atoms. The van der Waals surface area contributed by atoms with Gasteiger partial charge in [0.05, 0.1) is 11.7 Å². The van der Waals surface area contributed by atoms with Crippen molar-refractivity contribution in [2.45, 2.75) is 25.0 Å². The van der Waals surface area contributed by atoms with Crippen LogP contribution in [-0.4, -0.2) is 40.7 Å². The Balaban J connectivity index is 1.93. The summed E-state index contributed by atoms with van der Waals surface area (Å²) in [4.78, 5) is 26.0. The number of anilines is 1. The average Bonchev–Trinajstić information content (AvgIpc) is 2.85. The monoisotopic (exact) mass is 265 g/mol. The van der Waals surface area contributed by atoms with Crippen molar-refractivity contribution in [1.82, 2.24) is 4.98 Å². The SMILES string of the molecule is NC(=O)c1cccnc1NCC1CCC(C(=O)O)O1. The van der Waals surface area contributed by atoms with Crippen molar-refractivity contribution >= 4 is 17.7 Å². The number of carbonyl (C=O) groups excluding carboxylic acids is 1. The number of carbonyl (C=O) groups is 2. The molecule has 7 heteroatoms. The average molecular weight is 265 g/mol. The molecular formula is C12H15N3O4. The highest BCUT2D eigenvalue weighted by atomic mass is 16.5. The largest absolute Gasteiger partial charge is 0.479 e. The summed E-state index contributed by atoms with van der Waals surface area (Å²) in [5, 5.41) is 11.8. The van der Waals surface area contributed by atoms with Crippen molar-refractivity contribution in [2.24, 2.45) is 5.73 Å². The maximum Gasteiger partial charge on any atom is 0.332 e. The predicted octanol–water partition coefficient (Wildman–Crippen LogP) is 0.225. The molecule has 0 aliphatic carbocycles. The number of nitrogens with zero attached hydrogens (tertiary/aromatic N) is 1. The third kappa shape index (κ3) is 3.19. The van der Waals surface area contributed by atoms with Crippen LogP contribution in [0.3, 0.4) is 0 Å². The zero-order valence-corrected chi connectivity index (χ0v) is 10.2. The van der Waals surface area contributed by atoms with Gasteiger partial charge in [-0.3, -0.25) is 4.79 Å². The Morgan fingerprint density at radius 1 is 1.53 bits per heavy atom. The molecule has 2 atom stereocenters. The minimum Gasteiger partial charge on any atom is -0.479 e. The number of amides is 1. The molecule has 2 unspecified atom stereocenters. The summed E-state index contributed by atoms with van der Waals surface area (Å²) < 4.78 is 5.34. The third-order valence-electron chi connectivity index (χ3n) is 2.95. The van der Waals surface area contributed by atoms with Gasteiger partial charge in [-0.15, -0.1) is 0 Å². The van der Waals surface area contributed by atoms with Crippen molar-refractivity contribution in [1.29, 1.82) is 0 Å². The maximum atomic E-state index is 11.2. The number of aromatic nitrogens is 1. The van der Waals surface area contributed by atoms with Gasteiger partial charge in [0.25, 0.3) is 5.91 Å². The number of rotatable bonds is 5. The van der Waals surface area contributed by atoms with Gasteiger partial charge in [0.15, 0.2) is 6.10 Å². The van der Waals surface area contributed by atoms with Crippen LogP contribution in [0.2, 0.25) is 0 Å². The van der Waals surface area contributed by atoms with E-state index in [1.54, 1.807) is 18.3 Å². The normalized spacial score (nSPS) is 22.1. The fourth-order valence-corrected chi connectivity index (χ4v) is 1.99. The van der Waals surface area contributed by atoms with E-state index in [0.717, 1.165) is 0 Å². The number of hydrogen-bond donors (Lipinski definition) is 3. The molecule has 1 amide bonds. The summed E-state index contributed by atoms with van der Waals surface area (Å²) in [6, 6.07) is 3.20. The Morgan fingerprint density at radius 3 is 2.95 bits per heavy atom. The maximum absolute atomic E-state index is 11.2. The van der Waals surface area contributed by atoms with E-state index in [-0.39, 0.29) is 6.10 Å². The summed E-state index contributed by atoms with van der Waals surface area (Å²) >= 11 is 0. The lowest BCUT2D eigenvalue weighted by molar-refractivity contribution is -0.149. The van der Waals surface area contributed by atoms with E-state index in [2.05, 4.69) is 10.3 Å². The fraction of sp³-hybridized carbons (Fsp3) is 0.417. The third-order valence-corrected chi connectivity index (χ3v) is 2.95. The molecular weight excluding hydrogens is 250 g/mol. The lowest BCUT2D eigenvalue weighted by atomic mass is 10.2. The van der Waals surface area contributed by atoms with E-state index in [1.165, 1.54) is 0 Å². The number of carboxylic acid groups (broad SMARTS) is 1. The Morgan fingerprint density at radius 2 is 2.32 bits per heavy atom. The molecule has 0 radical (unpaired) electrons. The van der Waals surface area contributed by atoms with Crippen molar-refractivity contribution in [3.63, 3.8) is 0 Å². The van der Waals surface area contributed by atoms with Crippen LogP contribution in [0.25, 0.3) is 0 Å². The standard InChI is InChI=1S/C12H15N3O4/c13-10(16)8-2-1-5-14-11(8)15-6-7-3-4-9(19-7)12(17)18/h1-2,5,7,9H,3-4,6H2,(H2,13,16)(H,14,15)(H,17,18). The van der Waals surface area contributed by atoms with Crippen LogP contribution in [-0.2, 0) is 9.53 Å². The van der Waals surface area contributed by atoms with Crippen LogP contribution in [0.4, 0.5) is 5.82 Å². The van der Waals surface area contributed by atoms with Gasteiger partial charge < -0.3 is 20.9 Å². The van der Waals surface area contributed by atoms with Crippen LogP contribution >= 0.6 is 0 Å². The van der Waals surface area contributed by atoms with E-state index in [1.807, 2.05) is 0 Å². The van der Waals surface area contributed by atoms with Crippen LogP contribution in [0.5, 0.6) is 0 Å². The van der Waals surface area contributed by atoms with Gasteiger partial charge >= 0.3 is 5.97 Å². The summed E-state index contributed by atoms with van der Waals surface area (Å²) in [6.45, 7) is 0.390. The Bertz CT molecular complexity index is 492. The highest BCUT2D eigenvalue weighted by Gasteiger charge is 2.30. The number of pyridine rings is 1. The Hall–Kier alpha value is -2.15. The summed E-state index contributed by atoms with van der Waals surface area (Å²) in [7, 11) is 0. The first kappa shape index (κ1) is 13.3. The van der Waals surface area contributed by atoms with Crippen molar-refractivity contribution < 1.29 is 19.4 Å². The summed E-state index contributed by atoms with van der Waals surface area (Å²) in [6.07, 6.45) is 1.74. The molecule has 4 N–H and O–H groups in total. The van der Waals surface area contributed by atoms with E-state index < -0.39 is 18.0 Å². The molecule has 1 fully saturated rings. The number of aliphatic carboxylic acids is 1. The molecule has 2 heterocycles. The van der Waals surface area contributed by atoms with Gasteiger partial charge in [0.1, 0.15) is 5.82 Å². The predicted molar refractivity (Wildman–Crippen MR) is 66.8 cm³/mol. The lowest BCUT2D eigenvalue weighted by Crippen LogP contribution is -2.25. The van der Waals surface area contributed by atoms with Crippen molar-refractivity contribution in [3.05, 3.63) is 23.9 Å². The molecule has 1 aromatic heterocycles. The van der Waals surface area contributed by atoms with Crippen molar-refractivity contribution in [2.75, 3.05) is 11.9 Å². The smallest absolute Gasteiger partial charge is 0.332 e. The lowest BCUT2D eigenvalue weighted by Gasteiger charge is -2.14. The minimum absolute atomic E-state index is 0.205. The van der Waals surface area contributed by atoms with Crippen LogP contribution in [0.1, 0.15) is 23.2 Å². The molecule has 19 heavy (non-hydrogen) atoms. The van der Waals surface area contributed by atoms with Gasteiger partial charge in [0.2, 0.25) is 0 Å². The fourth-order valence-electron chi connectivity index (χ4n) is 1.99. The molecule has 1 aromatic rings. The molecule has 102 valence electrons. The molecule has 1 saturated heterocycles. The highest BCUT2D eigenvalue weighted by molar-refractivity contribution is 5.97. The number of ether oxygens (including phenoxy) is 1. The van der Waals surface area contributed by atoms with Gasteiger partial charge in [-0.05, 0) is 25.0 Å². The molecule has 0 aromatic carbocycles. The molecule has 7 nitrogen and oxygen atoms in total. The van der Waals surface area contributed by atoms with Crippen molar-refractivity contribution in [3.8, 4) is 0 Å². The van der Waals surface area contributed by atoms with Gasteiger partial charge in [-0.25, -0.2) is 9.78 Å². The second-order valence-corrected chi connectivity index (χ2v) is 4.31. The topological polar surface area (TPSA) is 115 Å². The quantitative estimate of drug-likeness (QED) is 0.701. The molecule has 0 saturated carbocycles. The van der Waals surface area contributed by atoms with Gasteiger partial charge in [-0.2, -0.15) is 0 Å². The number of nitrogens with two attached hydrogens (primary N) is 1. The molecule has 2 rings (SSSR count). The van der Waals surface area contributed by atoms with E-state index >= 15 is 0 Å². The Labute approximate surface area is 109 Å². The zero-order chi connectivity index (χ0) is 13.8. The van der Waals surface area contributed by atoms with Gasteiger partial charge in [-0.1, -0.05) is 0 Å². The second kappa shape index (κ2) is 5.66. The first-order valence-corrected chi connectivity index (χ1v) is 5.95. The molecule has 1 aliphatic heterocycles. The Kier molecular flexibility index (Phi) is 3.96. The molecule has 0 spiro atoms. The van der Waals surface area contributed by atoms with Gasteiger partial charge in [0, 0.05) is 12.7 Å². The van der Waals surface area contributed by atoms with E-state index in [4.69, 9.17) is 15.6 Å². The first-order chi connectivity index (χ1) is 9.08. The zero-order valence-electron chi connectivity index (χ0n) is 10.2. The first-order valence-electron chi connectivity index (χ1n) is 5.95. The summed E-state index contributed by atoms with van der Waals surface area (Å²) in [5.74, 6) is -1.12. The van der Waals surface area contributed by atoms with Crippen LogP contribution in [0, 0.1) is 0 Å². The van der Waals surface area contributed by atoms with E-state index in [9.17, 15) is 9.59 Å².